The number of nitrogens with one attached hydrogen (secondary N) is 2. The Morgan fingerprint density at radius 1 is 0.739 bits per heavy atom. The van der Waals surface area contributed by atoms with Gasteiger partial charge in [0.25, 0.3) is 0 Å². The van der Waals surface area contributed by atoms with Crippen molar-refractivity contribution in [1.82, 2.24) is 30.2 Å². The predicted molar refractivity (Wildman–Crippen MR) is 174 cm³/mol. The SMILES string of the molecule is Cn1cc(-c2ccccc2N(CC2=NCCN2)OC(=O)/C=C/C(=O)ON(CC2=NCCN2)c2ccccc2-c2cnn(C)c2)cn1. The van der Waals surface area contributed by atoms with Crippen molar-refractivity contribution in [1.29, 1.82) is 0 Å². The fourth-order valence-corrected chi connectivity index (χ4v) is 5.12. The van der Waals surface area contributed by atoms with Crippen molar-refractivity contribution in [2.75, 3.05) is 49.4 Å². The molecule has 0 fully saturated rings. The molecule has 6 rings (SSSR count). The minimum Gasteiger partial charge on any atom is -0.370 e. The third-order valence-electron chi connectivity index (χ3n) is 7.21. The number of rotatable bonds is 12. The summed E-state index contributed by atoms with van der Waals surface area (Å²) in [6.07, 6.45) is 9.33. The Morgan fingerprint density at radius 3 is 1.54 bits per heavy atom. The molecular formula is C32H34N10O4. The first kappa shape index (κ1) is 30.1. The van der Waals surface area contributed by atoms with Gasteiger partial charge in [0.2, 0.25) is 0 Å². The molecule has 0 radical (unpaired) electrons. The smallest absolute Gasteiger partial charge is 0.356 e. The van der Waals surface area contributed by atoms with E-state index in [-0.39, 0.29) is 13.1 Å². The molecule has 14 nitrogen and oxygen atoms in total. The maximum Gasteiger partial charge on any atom is 0.356 e. The summed E-state index contributed by atoms with van der Waals surface area (Å²) < 4.78 is 3.40. The third kappa shape index (κ3) is 7.23. The molecular weight excluding hydrogens is 588 g/mol. The van der Waals surface area contributed by atoms with Crippen molar-refractivity contribution in [3.8, 4) is 22.3 Å². The van der Waals surface area contributed by atoms with E-state index in [0.29, 0.717) is 49.2 Å². The van der Waals surface area contributed by atoms with E-state index in [9.17, 15) is 9.59 Å². The van der Waals surface area contributed by atoms with Gasteiger partial charge in [0.1, 0.15) is 24.8 Å². The van der Waals surface area contributed by atoms with Crippen LogP contribution in [0.1, 0.15) is 0 Å². The zero-order chi connectivity index (χ0) is 31.9. The zero-order valence-electron chi connectivity index (χ0n) is 25.5. The van der Waals surface area contributed by atoms with E-state index in [1.54, 1.807) is 21.8 Å². The van der Waals surface area contributed by atoms with Crippen LogP contribution in [0.4, 0.5) is 11.4 Å². The molecule has 0 spiro atoms. The summed E-state index contributed by atoms with van der Waals surface area (Å²) in [4.78, 5) is 46.8. The largest absolute Gasteiger partial charge is 0.370 e. The highest BCUT2D eigenvalue weighted by Gasteiger charge is 2.22. The molecule has 2 aliphatic heterocycles. The fraction of sp³-hybridized carbons (Fsp3) is 0.250. The fourth-order valence-electron chi connectivity index (χ4n) is 5.12. The van der Waals surface area contributed by atoms with Gasteiger partial charge in [0.05, 0.1) is 36.9 Å². The van der Waals surface area contributed by atoms with E-state index < -0.39 is 11.9 Å². The lowest BCUT2D eigenvalue weighted by molar-refractivity contribution is -0.141. The molecule has 2 N–H and O–H groups in total. The summed E-state index contributed by atoms with van der Waals surface area (Å²) in [5, 5.41) is 17.9. The summed E-state index contributed by atoms with van der Waals surface area (Å²) in [7, 11) is 3.67. The van der Waals surface area contributed by atoms with Gasteiger partial charge in [0.15, 0.2) is 0 Å². The Kier molecular flexibility index (Phi) is 9.04. The Hall–Kier alpha value is -5.92. The second-order valence-electron chi connectivity index (χ2n) is 10.6. The average molecular weight is 623 g/mol. The molecule has 0 saturated carbocycles. The number of anilines is 2. The van der Waals surface area contributed by atoms with E-state index >= 15 is 0 Å². The molecule has 2 aliphatic rings. The molecule has 0 amide bonds. The highest BCUT2D eigenvalue weighted by Crippen LogP contribution is 2.32. The second kappa shape index (κ2) is 13.8. The minimum absolute atomic E-state index is 0.190. The summed E-state index contributed by atoms with van der Waals surface area (Å²) in [5.41, 5.74) is 4.62. The first-order valence-corrected chi connectivity index (χ1v) is 14.8. The van der Waals surface area contributed by atoms with Crippen LogP contribution in [-0.2, 0) is 33.4 Å². The standard InChI is InChI=1S/C32H34N10O4/c1-39-19-23(17-37-39)25-7-3-5-9-27(25)41(21-29-33-13-14-34-29)45-31(43)11-12-32(44)46-42(22-30-35-15-16-36-30)28-10-6-4-8-26(28)24-18-38-40(2)20-24/h3-12,17-20H,13-16,21-22H2,1-2H3,(H,33,34)(H,35,36)/b12-11+. The predicted octanol–water partition coefficient (Wildman–Crippen LogP) is 2.28. The summed E-state index contributed by atoms with van der Waals surface area (Å²) in [5.74, 6) is -0.159. The van der Waals surface area contributed by atoms with Crippen LogP contribution >= 0.6 is 0 Å². The molecule has 0 saturated heterocycles. The molecule has 14 heteroatoms. The number of hydrogen-bond acceptors (Lipinski definition) is 12. The first-order chi connectivity index (χ1) is 22.4. The van der Waals surface area contributed by atoms with Crippen LogP contribution in [0.2, 0.25) is 0 Å². The van der Waals surface area contributed by atoms with Gasteiger partial charge in [-0.15, -0.1) is 0 Å². The highest BCUT2D eigenvalue weighted by atomic mass is 16.7. The zero-order valence-corrected chi connectivity index (χ0v) is 25.5. The topological polar surface area (TPSA) is 144 Å². The molecule has 0 bridgehead atoms. The maximum atomic E-state index is 13.1. The molecule has 236 valence electrons. The number of carbonyl (C=O) groups is 2. The average Bonchev–Trinajstić information content (AvgIpc) is 3.90. The third-order valence-corrected chi connectivity index (χ3v) is 7.21. The van der Waals surface area contributed by atoms with Crippen LogP contribution in [0.25, 0.3) is 22.3 Å². The van der Waals surface area contributed by atoms with Crippen molar-refractivity contribution in [3.63, 3.8) is 0 Å². The molecule has 0 aliphatic carbocycles. The van der Waals surface area contributed by atoms with E-state index in [4.69, 9.17) is 9.68 Å². The van der Waals surface area contributed by atoms with E-state index in [2.05, 4.69) is 30.8 Å². The van der Waals surface area contributed by atoms with Gasteiger partial charge in [-0.3, -0.25) is 19.3 Å². The Labute approximate surface area is 265 Å². The Bertz CT molecular complexity index is 1680. The van der Waals surface area contributed by atoms with Crippen LogP contribution in [0, 0.1) is 0 Å². The van der Waals surface area contributed by atoms with Crippen molar-refractivity contribution in [3.05, 3.63) is 85.5 Å². The van der Waals surface area contributed by atoms with Crippen LogP contribution in [0.3, 0.4) is 0 Å². The number of aliphatic imine (C=N–C) groups is 2. The number of carbonyl (C=O) groups excluding carboxylic acids is 2. The molecule has 0 unspecified atom stereocenters. The molecule has 4 heterocycles. The molecule has 4 aromatic rings. The number of benzene rings is 2. The van der Waals surface area contributed by atoms with Gasteiger partial charge >= 0.3 is 11.9 Å². The van der Waals surface area contributed by atoms with Crippen molar-refractivity contribution < 1.29 is 19.3 Å². The van der Waals surface area contributed by atoms with Crippen LogP contribution in [-0.4, -0.2) is 82.4 Å². The first-order valence-electron chi connectivity index (χ1n) is 14.8. The summed E-state index contributed by atoms with van der Waals surface area (Å²) >= 11 is 0. The monoisotopic (exact) mass is 622 g/mol. The van der Waals surface area contributed by atoms with Crippen molar-refractivity contribution in [2.45, 2.75) is 0 Å². The number of hydroxylamine groups is 2. The quantitative estimate of drug-likeness (QED) is 0.178. The van der Waals surface area contributed by atoms with Crippen LogP contribution in [0.15, 0.2) is 95.5 Å². The number of para-hydroxylation sites is 2. The van der Waals surface area contributed by atoms with Crippen LogP contribution < -0.4 is 20.8 Å². The molecule has 2 aromatic carbocycles. The van der Waals surface area contributed by atoms with Crippen molar-refractivity contribution >= 4 is 35.0 Å². The Morgan fingerprint density at radius 2 is 1.17 bits per heavy atom. The summed E-state index contributed by atoms with van der Waals surface area (Å²) in [6.45, 7) is 3.06. The lowest BCUT2D eigenvalue weighted by Gasteiger charge is -2.25. The van der Waals surface area contributed by atoms with Gasteiger partial charge in [-0.1, -0.05) is 36.4 Å². The highest BCUT2D eigenvalue weighted by molar-refractivity contribution is 5.95. The lowest BCUT2D eigenvalue weighted by atomic mass is 10.1. The number of hydrogen-bond donors (Lipinski definition) is 2. The molecule has 46 heavy (non-hydrogen) atoms. The van der Waals surface area contributed by atoms with Crippen molar-refractivity contribution in [2.24, 2.45) is 24.1 Å². The maximum absolute atomic E-state index is 13.1. The number of amidine groups is 2. The number of aromatic nitrogens is 4. The number of aryl methyl sites for hydroxylation is 2. The van der Waals surface area contributed by atoms with Gasteiger partial charge in [-0.05, 0) is 12.1 Å². The van der Waals surface area contributed by atoms with Gasteiger partial charge in [-0.2, -0.15) is 20.3 Å². The van der Waals surface area contributed by atoms with Crippen LogP contribution in [0.5, 0.6) is 0 Å². The van der Waals surface area contributed by atoms with Gasteiger partial charge < -0.3 is 20.3 Å². The van der Waals surface area contributed by atoms with E-state index in [1.165, 1.54) is 10.1 Å². The second-order valence-corrected chi connectivity index (χ2v) is 10.6. The van der Waals surface area contributed by atoms with Gasteiger partial charge in [0, 0.05) is 74.0 Å². The molecule has 2 aromatic heterocycles. The van der Waals surface area contributed by atoms with Gasteiger partial charge in [-0.25, -0.2) is 9.59 Å². The molecule has 0 atom stereocenters. The number of nitrogens with zero attached hydrogens (tertiary/aromatic N) is 8. The van der Waals surface area contributed by atoms with E-state index in [1.807, 2.05) is 75.0 Å². The Balaban J connectivity index is 1.20. The normalized spacial score (nSPS) is 14.0. The lowest BCUT2D eigenvalue weighted by Crippen LogP contribution is -2.37. The van der Waals surface area contributed by atoms with E-state index in [0.717, 1.165) is 34.4 Å². The summed E-state index contributed by atoms with van der Waals surface area (Å²) in [6, 6.07) is 15.1. The minimum atomic E-state index is -0.763.